The van der Waals surface area contributed by atoms with Crippen LogP contribution in [0.2, 0.25) is 0 Å². The molecule has 1 amide bonds. The minimum Gasteiger partial charge on any atom is -0.480 e. The first-order chi connectivity index (χ1) is 8.88. The Labute approximate surface area is 120 Å². The van der Waals surface area contributed by atoms with Crippen molar-refractivity contribution in [3.63, 3.8) is 0 Å². The predicted octanol–water partition coefficient (Wildman–Crippen LogP) is 1.58. The lowest BCUT2D eigenvalue weighted by molar-refractivity contribution is -0.139. The van der Waals surface area contributed by atoms with Gasteiger partial charge in [-0.15, -0.1) is 0 Å². The van der Waals surface area contributed by atoms with Crippen molar-refractivity contribution < 1.29 is 14.7 Å². The van der Waals surface area contributed by atoms with E-state index < -0.39 is 5.97 Å². The van der Waals surface area contributed by atoms with E-state index >= 15 is 0 Å². The normalized spacial score (nSPS) is 10.8. The summed E-state index contributed by atoms with van der Waals surface area (Å²) in [6, 6.07) is 3.40. The van der Waals surface area contributed by atoms with Crippen LogP contribution in [0, 0.1) is 0 Å². The van der Waals surface area contributed by atoms with Crippen LogP contribution in [0.15, 0.2) is 22.8 Å². The highest BCUT2D eigenvalue weighted by molar-refractivity contribution is 9.10. The Bertz CT molecular complexity index is 448. The van der Waals surface area contributed by atoms with Gasteiger partial charge in [0.2, 0.25) is 5.91 Å². The van der Waals surface area contributed by atoms with Gasteiger partial charge in [-0.3, -0.25) is 14.5 Å². The molecular formula is C12H16BrN3O3. The SMILES string of the molecule is CC(C)N(CC(=O)O)CC(=O)Nc1ccc(Br)cn1. The Kier molecular flexibility index (Phi) is 5.91. The topological polar surface area (TPSA) is 82.5 Å². The lowest BCUT2D eigenvalue weighted by Gasteiger charge is -2.23. The molecule has 7 heteroatoms. The van der Waals surface area contributed by atoms with Gasteiger partial charge >= 0.3 is 5.97 Å². The predicted molar refractivity (Wildman–Crippen MR) is 74.9 cm³/mol. The van der Waals surface area contributed by atoms with E-state index in [2.05, 4.69) is 26.2 Å². The van der Waals surface area contributed by atoms with Crippen molar-refractivity contribution >= 4 is 33.6 Å². The molecule has 0 aliphatic carbocycles. The molecule has 0 unspecified atom stereocenters. The number of rotatable bonds is 6. The number of carbonyl (C=O) groups is 2. The quantitative estimate of drug-likeness (QED) is 0.827. The molecule has 0 atom stereocenters. The zero-order valence-electron chi connectivity index (χ0n) is 10.8. The van der Waals surface area contributed by atoms with Crippen molar-refractivity contribution in [3.8, 4) is 0 Å². The summed E-state index contributed by atoms with van der Waals surface area (Å²) in [4.78, 5) is 28.1. The largest absolute Gasteiger partial charge is 0.480 e. The number of aromatic nitrogens is 1. The number of hydrogen-bond donors (Lipinski definition) is 2. The second kappa shape index (κ2) is 7.20. The smallest absolute Gasteiger partial charge is 0.317 e. The molecular weight excluding hydrogens is 314 g/mol. The van der Waals surface area contributed by atoms with Crippen molar-refractivity contribution in [2.75, 3.05) is 18.4 Å². The monoisotopic (exact) mass is 329 g/mol. The first kappa shape index (κ1) is 15.6. The average molecular weight is 330 g/mol. The summed E-state index contributed by atoms with van der Waals surface area (Å²) in [7, 11) is 0. The second-order valence-corrected chi connectivity index (χ2v) is 5.22. The molecule has 0 spiro atoms. The van der Waals surface area contributed by atoms with E-state index in [1.54, 1.807) is 23.2 Å². The molecule has 1 rings (SSSR count). The summed E-state index contributed by atoms with van der Waals surface area (Å²) in [6.07, 6.45) is 1.58. The minimum atomic E-state index is -0.955. The Morgan fingerprint density at radius 2 is 2.11 bits per heavy atom. The zero-order valence-corrected chi connectivity index (χ0v) is 12.3. The van der Waals surface area contributed by atoms with Crippen molar-refractivity contribution in [1.29, 1.82) is 0 Å². The number of halogens is 1. The van der Waals surface area contributed by atoms with Crippen LogP contribution in [0.3, 0.4) is 0 Å². The molecule has 0 fully saturated rings. The molecule has 0 aliphatic rings. The average Bonchev–Trinajstić information content (AvgIpc) is 2.30. The summed E-state index contributed by atoms with van der Waals surface area (Å²) in [6.45, 7) is 3.53. The third-order valence-corrected chi connectivity index (χ3v) is 2.88. The van der Waals surface area contributed by atoms with Crippen molar-refractivity contribution in [3.05, 3.63) is 22.8 Å². The lowest BCUT2D eigenvalue weighted by Crippen LogP contribution is -2.41. The second-order valence-electron chi connectivity index (χ2n) is 4.30. The number of aliphatic carboxylic acids is 1. The Hall–Kier alpha value is -1.47. The third kappa shape index (κ3) is 5.80. The van der Waals surface area contributed by atoms with Gasteiger partial charge in [-0.05, 0) is 41.9 Å². The Balaban J connectivity index is 2.57. The van der Waals surface area contributed by atoms with Gasteiger partial charge in [-0.2, -0.15) is 0 Å². The van der Waals surface area contributed by atoms with Crippen molar-refractivity contribution in [2.45, 2.75) is 19.9 Å². The highest BCUT2D eigenvalue weighted by Gasteiger charge is 2.17. The number of anilines is 1. The molecule has 0 bridgehead atoms. The van der Waals surface area contributed by atoms with Gasteiger partial charge in [0.05, 0.1) is 13.1 Å². The van der Waals surface area contributed by atoms with Gasteiger partial charge in [-0.25, -0.2) is 4.98 Å². The fourth-order valence-electron chi connectivity index (χ4n) is 1.41. The maximum Gasteiger partial charge on any atom is 0.317 e. The van der Waals surface area contributed by atoms with E-state index in [-0.39, 0.29) is 25.0 Å². The van der Waals surface area contributed by atoms with Gasteiger partial charge in [0, 0.05) is 16.7 Å². The van der Waals surface area contributed by atoms with Crippen LogP contribution in [-0.4, -0.2) is 46.0 Å². The maximum atomic E-state index is 11.8. The van der Waals surface area contributed by atoms with Crippen LogP contribution in [0.25, 0.3) is 0 Å². The van der Waals surface area contributed by atoms with Gasteiger partial charge in [0.25, 0.3) is 0 Å². The summed E-state index contributed by atoms with van der Waals surface area (Å²) < 4.78 is 0.820. The van der Waals surface area contributed by atoms with Crippen LogP contribution in [0.5, 0.6) is 0 Å². The first-order valence-corrected chi connectivity index (χ1v) is 6.55. The number of carboxylic acids is 1. The molecule has 19 heavy (non-hydrogen) atoms. The fraction of sp³-hybridized carbons (Fsp3) is 0.417. The number of pyridine rings is 1. The molecule has 0 radical (unpaired) electrons. The third-order valence-electron chi connectivity index (χ3n) is 2.41. The summed E-state index contributed by atoms with van der Waals surface area (Å²) >= 11 is 3.25. The van der Waals surface area contributed by atoms with E-state index in [1.165, 1.54) is 0 Å². The molecule has 1 heterocycles. The number of amides is 1. The maximum absolute atomic E-state index is 11.8. The van der Waals surface area contributed by atoms with Crippen LogP contribution < -0.4 is 5.32 Å². The van der Waals surface area contributed by atoms with E-state index in [9.17, 15) is 9.59 Å². The first-order valence-electron chi connectivity index (χ1n) is 5.75. The molecule has 1 aromatic rings. The summed E-state index contributed by atoms with van der Waals surface area (Å²) in [5, 5.41) is 11.4. The van der Waals surface area contributed by atoms with Gasteiger partial charge in [-0.1, -0.05) is 0 Å². The van der Waals surface area contributed by atoms with Gasteiger partial charge in [0.15, 0.2) is 0 Å². The molecule has 0 aromatic carbocycles. The van der Waals surface area contributed by atoms with E-state index in [4.69, 9.17) is 5.11 Å². The van der Waals surface area contributed by atoms with Gasteiger partial charge < -0.3 is 10.4 Å². The number of carboxylic acid groups (broad SMARTS) is 1. The summed E-state index contributed by atoms with van der Waals surface area (Å²) in [5.41, 5.74) is 0. The molecule has 2 N–H and O–H groups in total. The highest BCUT2D eigenvalue weighted by Crippen LogP contribution is 2.10. The molecule has 6 nitrogen and oxygen atoms in total. The Morgan fingerprint density at radius 1 is 1.42 bits per heavy atom. The summed E-state index contributed by atoms with van der Waals surface area (Å²) in [5.74, 6) is -0.805. The molecule has 104 valence electrons. The zero-order chi connectivity index (χ0) is 14.4. The number of nitrogens with zero attached hydrogens (tertiary/aromatic N) is 2. The fourth-order valence-corrected chi connectivity index (χ4v) is 1.65. The number of carbonyl (C=O) groups excluding carboxylic acids is 1. The molecule has 0 aliphatic heterocycles. The number of hydrogen-bond acceptors (Lipinski definition) is 4. The van der Waals surface area contributed by atoms with Crippen LogP contribution in [-0.2, 0) is 9.59 Å². The molecule has 0 saturated heterocycles. The standard InChI is InChI=1S/C12H16BrN3O3/c1-8(2)16(7-12(18)19)6-11(17)15-10-4-3-9(13)5-14-10/h3-5,8H,6-7H2,1-2H3,(H,18,19)(H,14,15,17). The lowest BCUT2D eigenvalue weighted by atomic mass is 10.3. The van der Waals surface area contributed by atoms with Crippen molar-refractivity contribution in [1.82, 2.24) is 9.88 Å². The van der Waals surface area contributed by atoms with E-state index in [0.29, 0.717) is 5.82 Å². The highest BCUT2D eigenvalue weighted by atomic mass is 79.9. The molecule has 1 aromatic heterocycles. The van der Waals surface area contributed by atoms with Gasteiger partial charge in [0.1, 0.15) is 5.82 Å². The van der Waals surface area contributed by atoms with Crippen LogP contribution in [0.4, 0.5) is 5.82 Å². The van der Waals surface area contributed by atoms with Crippen molar-refractivity contribution in [2.24, 2.45) is 0 Å². The number of nitrogens with one attached hydrogen (secondary N) is 1. The minimum absolute atomic E-state index is 0.0156. The Morgan fingerprint density at radius 3 is 2.58 bits per heavy atom. The van der Waals surface area contributed by atoms with Crippen LogP contribution in [0.1, 0.15) is 13.8 Å². The van der Waals surface area contributed by atoms with E-state index in [0.717, 1.165) is 4.47 Å². The van der Waals surface area contributed by atoms with Crippen LogP contribution >= 0.6 is 15.9 Å². The van der Waals surface area contributed by atoms with E-state index in [1.807, 2.05) is 13.8 Å². The molecule has 0 saturated carbocycles.